The summed E-state index contributed by atoms with van der Waals surface area (Å²) >= 11 is 0. The molecule has 4 heterocycles. The molecular formula is C28H25FN8. The molecule has 8 nitrogen and oxygen atoms in total. The lowest BCUT2D eigenvalue weighted by atomic mass is 9.97. The Labute approximate surface area is 212 Å². The van der Waals surface area contributed by atoms with Crippen LogP contribution in [0, 0.1) is 5.82 Å². The van der Waals surface area contributed by atoms with E-state index in [1.807, 2.05) is 49.3 Å². The smallest absolute Gasteiger partial charge is 0.124 e. The van der Waals surface area contributed by atoms with Gasteiger partial charge in [0.15, 0.2) is 0 Å². The lowest BCUT2D eigenvalue weighted by Gasteiger charge is -2.18. The van der Waals surface area contributed by atoms with E-state index in [0.717, 1.165) is 61.1 Å². The molecule has 0 aliphatic rings. The van der Waals surface area contributed by atoms with Gasteiger partial charge in [-0.2, -0.15) is 5.10 Å². The van der Waals surface area contributed by atoms with E-state index in [-0.39, 0.29) is 11.9 Å². The Bertz CT molecular complexity index is 1720. The number of hydrogen-bond acceptors (Lipinski definition) is 6. The molecule has 4 aromatic heterocycles. The maximum Gasteiger partial charge on any atom is 0.124 e. The maximum absolute atomic E-state index is 14.7. The Morgan fingerprint density at radius 3 is 2.59 bits per heavy atom. The van der Waals surface area contributed by atoms with E-state index in [9.17, 15) is 4.39 Å². The van der Waals surface area contributed by atoms with Crippen molar-refractivity contribution in [3.8, 4) is 33.8 Å². The first-order valence-corrected chi connectivity index (χ1v) is 11.9. The third kappa shape index (κ3) is 4.35. The Hall–Kier alpha value is -4.47. The molecule has 0 saturated heterocycles. The molecule has 2 aromatic carbocycles. The topological polar surface area (TPSA) is 112 Å². The highest BCUT2D eigenvalue weighted by Gasteiger charge is 2.16. The van der Waals surface area contributed by atoms with Crippen LogP contribution < -0.4 is 5.73 Å². The number of fused-ring (bicyclic) bond motifs is 2. The summed E-state index contributed by atoms with van der Waals surface area (Å²) in [5.74, 6) is -0.308. The van der Waals surface area contributed by atoms with Crippen LogP contribution >= 0.6 is 0 Å². The Morgan fingerprint density at radius 2 is 1.78 bits per heavy atom. The van der Waals surface area contributed by atoms with Crippen LogP contribution in [0.5, 0.6) is 0 Å². The molecule has 6 rings (SSSR count). The van der Waals surface area contributed by atoms with Crippen molar-refractivity contribution >= 4 is 21.8 Å². The highest BCUT2D eigenvalue weighted by molar-refractivity contribution is 6.01. The summed E-state index contributed by atoms with van der Waals surface area (Å²) in [5, 5.41) is 9.53. The molecule has 6 aromatic rings. The number of nitrogens with one attached hydrogen (secondary N) is 2. The van der Waals surface area contributed by atoms with Gasteiger partial charge in [0.1, 0.15) is 17.8 Å². The van der Waals surface area contributed by atoms with E-state index in [2.05, 4.69) is 36.2 Å². The number of likely N-dealkylation sites (N-methyl/N-ethyl adjacent to an activating group) is 1. The molecule has 0 spiro atoms. The second-order valence-corrected chi connectivity index (χ2v) is 9.41. The monoisotopic (exact) mass is 492 g/mol. The molecule has 0 amide bonds. The Morgan fingerprint density at radius 1 is 0.946 bits per heavy atom. The second-order valence-electron chi connectivity index (χ2n) is 9.41. The van der Waals surface area contributed by atoms with Gasteiger partial charge in [0.25, 0.3) is 0 Å². The van der Waals surface area contributed by atoms with Crippen LogP contribution in [0.2, 0.25) is 0 Å². The normalized spacial score (nSPS) is 12.6. The summed E-state index contributed by atoms with van der Waals surface area (Å²) in [5.41, 5.74) is 13.8. The molecular weight excluding hydrogens is 467 g/mol. The molecule has 37 heavy (non-hydrogen) atoms. The van der Waals surface area contributed by atoms with Crippen LogP contribution in [-0.4, -0.2) is 55.7 Å². The summed E-state index contributed by atoms with van der Waals surface area (Å²) in [4.78, 5) is 18.2. The summed E-state index contributed by atoms with van der Waals surface area (Å²) in [6, 6.07) is 14.7. The van der Waals surface area contributed by atoms with Crippen molar-refractivity contribution < 1.29 is 4.39 Å². The number of aromatic nitrogens is 6. The van der Waals surface area contributed by atoms with Crippen LogP contribution in [0.1, 0.15) is 11.6 Å². The minimum Gasteiger partial charge on any atom is -0.353 e. The van der Waals surface area contributed by atoms with E-state index in [0.29, 0.717) is 6.54 Å². The van der Waals surface area contributed by atoms with Gasteiger partial charge in [-0.25, -0.2) is 14.4 Å². The summed E-state index contributed by atoms with van der Waals surface area (Å²) in [6.45, 7) is 0.625. The number of rotatable bonds is 6. The third-order valence-electron chi connectivity index (χ3n) is 6.44. The van der Waals surface area contributed by atoms with Crippen molar-refractivity contribution in [2.75, 3.05) is 20.6 Å². The Kier molecular flexibility index (Phi) is 5.71. The predicted octanol–water partition coefficient (Wildman–Crippen LogP) is 4.93. The zero-order valence-electron chi connectivity index (χ0n) is 20.4. The van der Waals surface area contributed by atoms with Crippen molar-refractivity contribution in [2.24, 2.45) is 5.73 Å². The standard InChI is InChI=1S/C28H25FN8/c1-37(2)14-23(30)17-6-16(7-19(29)8-17)20-4-3-5-24-21(20)9-26(34-24)28-22-10-25(18-11-31-15-32-12-18)33-13-27(22)35-36-28/h3-13,15,23,34H,14,30H2,1-2H3,(H,35,36). The van der Waals surface area contributed by atoms with Crippen LogP contribution in [0.25, 0.3) is 55.6 Å². The van der Waals surface area contributed by atoms with Crippen LogP contribution in [0.4, 0.5) is 4.39 Å². The number of H-pyrrole nitrogens is 2. The summed E-state index contributed by atoms with van der Waals surface area (Å²) in [6.07, 6.45) is 6.71. The maximum atomic E-state index is 14.7. The van der Waals surface area contributed by atoms with Crippen molar-refractivity contribution in [3.05, 3.63) is 84.8 Å². The molecule has 0 aliphatic heterocycles. The SMILES string of the molecule is CN(C)CC(N)c1cc(F)cc(-c2cccc3[nH]c(-c4n[nH]c5cnc(-c6cncnc6)cc45)cc23)c1. The predicted molar refractivity (Wildman–Crippen MR) is 143 cm³/mol. The van der Waals surface area contributed by atoms with E-state index in [4.69, 9.17) is 5.73 Å². The van der Waals surface area contributed by atoms with Crippen molar-refractivity contribution in [3.63, 3.8) is 0 Å². The highest BCUT2D eigenvalue weighted by Crippen LogP contribution is 2.35. The van der Waals surface area contributed by atoms with Crippen molar-refractivity contribution in [1.29, 1.82) is 0 Å². The second kappa shape index (κ2) is 9.20. The quantitative estimate of drug-likeness (QED) is 0.304. The van der Waals surface area contributed by atoms with Gasteiger partial charge >= 0.3 is 0 Å². The summed E-state index contributed by atoms with van der Waals surface area (Å²) in [7, 11) is 3.90. The van der Waals surface area contributed by atoms with Crippen molar-refractivity contribution in [2.45, 2.75) is 6.04 Å². The van der Waals surface area contributed by atoms with Crippen LogP contribution in [0.3, 0.4) is 0 Å². The van der Waals surface area contributed by atoms with Gasteiger partial charge in [0.2, 0.25) is 0 Å². The average Bonchev–Trinajstić information content (AvgIpc) is 3.52. The van der Waals surface area contributed by atoms with Gasteiger partial charge in [-0.1, -0.05) is 12.1 Å². The number of aromatic amines is 2. The lowest BCUT2D eigenvalue weighted by molar-refractivity contribution is 0.376. The van der Waals surface area contributed by atoms with Crippen LogP contribution in [0.15, 0.2) is 73.4 Å². The molecule has 0 fully saturated rings. The number of hydrogen-bond donors (Lipinski definition) is 3. The number of halogens is 1. The average molecular weight is 493 g/mol. The van der Waals surface area contributed by atoms with Gasteiger partial charge in [-0.05, 0) is 67.2 Å². The van der Waals surface area contributed by atoms with E-state index in [1.54, 1.807) is 24.7 Å². The van der Waals surface area contributed by atoms with Gasteiger partial charge in [-0.15, -0.1) is 0 Å². The van der Waals surface area contributed by atoms with Gasteiger partial charge in [-0.3, -0.25) is 10.1 Å². The van der Waals surface area contributed by atoms with E-state index >= 15 is 0 Å². The number of nitrogens with zero attached hydrogens (tertiary/aromatic N) is 5. The van der Waals surface area contributed by atoms with Crippen LogP contribution in [-0.2, 0) is 0 Å². The molecule has 4 N–H and O–H groups in total. The first-order chi connectivity index (χ1) is 18.0. The lowest BCUT2D eigenvalue weighted by Crippen LogP contribution is -2.26. The minimum atomic E-state index is -0.308. The molecule has 184 valence electrons. The van der Waals surface area contributed by atoms with Gasteiger partial charge in [0, 0.05) is 46.8 Å². The molecule has 1 atom stereocenters. The third-order valence-corrected chi connectivity index (χ3v) is 6.44. The first-order valence-electron chi connectivity index (χ1n) is 11.9. The zero-order valence-corrected chi connectivity index (χ0v) is 20.4. The minimum absolute atomic E-state index is 0.293. The highest BCUT2D eigenvalue weighted by atomic mass is 19.1. The Balaban J connectivity index is 1.45. The molecule has 0 bridgehead atoms. The molecule has 0 saturated carbocycles. The number of nitrogens with two attached hydrogens (primary N) is 1. The van der Waals surface area contributed by atoms with E-state index in [1.165, 1.54) is 12.4 Å². The molecule has 0 radical (unpaired) electrons. The van der Waals surface area contributed by atoms with Gasteiger partial charge < -0.3 is 15.6 Å². The molecule has 1 unspecified atom stereocenters. The van der Waals surface area contributed by atoms with E-state index < -0.39 is 0 Å². The zero-order chi connectivity index (χ0) is 25.5. The first kappa shape index (κ1) is 23.0. The fourth-order valence-electron chi connectivity index (χ4n) is 4.73. The fourth-order valence-corrected chi connectivity index (χ4v) is 4.73. The van der Waals surface area contributed by atoms with Gasteiger partial charge in [0.05, 0.1) is 23.1 Å². The molecule has 9 heteroatoms. The largest absolute Gasteiger partial charge is 0.353 e. The summed E-state index contributed by atoms with van der Waals surface area (Å²) < 4.78 is 14.7. The fraction of sp³-hybridized carbons (Fsp3) is 0.143. The number of benzene rings is 2. The number of pyridine rings is 1. The molecule has 0 aliphatic carbocycles. The van der Waals surface area contributed by atoms with Crippen molar-refractivity contribution in [1.82, 2.24) is 35.0 Å².